The minimum atomic E-state index is -1.08. The Morgan fingerprint density at radius 2 is 1.90 bits per heavy atom. The van der Waals surface area contributed by atoms with Crippen LogP contribution in [0.4, 0.5) is 5.69 Å². The summed E-state index contributed by atoms with van der Waals surface area (Å²) in [5.74, 6) is -1.39. The van der Waals surface area contributed by atoms with E-state index in [1.54, 1.807) is 18.2 Å². The van der Waals surface area contributed by atoms with Gasteiger partial charge in [-0.3, -0.25) is 9.78 Å². The number of aromatic nitrogens is 1. The van der Waals surface area contributed by atoms with Gasteiger partial charge in [-0.25, -0.2) is 4.79 Å². The van der Waals surface area contributed by atoms with Crippen molar-refractivity contribution in [2.75, 3.05) is 5.32 Å². The first-order valence-electron chi connectivity index (χ1n) is 6.29. The molecule has 5 nitrogen and oxygen atoms in total. The van der Waals surface area contributed by atoms with Gasteiger partial charge < -0.3 is 10.4 Å². The lowest BCUT2D eigenvalue weighted by molar-refractivity contribution is -0.131. The number of benzene rings is 1. The fourth-order valence-electron chi connectivity index (χ4n) is 1.74. The number of pyridine rings is 1. The van der Waals surface area contributed by atoms with Crippen LogP contribution in [0.3, 0.4) is 0 Å². The smallest absolute Gasteiger partial charge is 0.328 e. The molecule has 2 aromatic rings. The number of amides is 1. The van der Waals surface area contributed by atoms with Crippen molar-refractivity contribution in [3.8, 4) is 0 Å². The molecule has 1 aromatic carbocycles. The monoisotopic (exact) mass is 282 g/mol. The molecule has 0 spiro atoms. The van der Waals surface area contributed by atoms with Crippen LogP contribution < -0.4 is 5.32 Å². The average molecular weight is 282 g/mol. The van der Waals surface area contributed by atoms with Gasteiger partial charge in [0.15, 0.2) is 0 Å². The Morgan fingerprint density at radius 3 is 2.57 bits per heavy atom. The minimum Gasteiger partial charge on any atom is -0.478 e. The van der Waals surface area contributed by atoms with Crippen LogP contribution in [0.1, 0.15) is 21.5 Å². The minimum absolute atomic E-state index is 0.314. The molecule has 0 radical (unpaired) electrons. The number of anilines is 1. The van der Waals surface area contributed by atoms with Crippen molar-refractivity contribution < 1.29 is 14.7 Å². The number of carboxylic acids is 1. The number of hydrogen-bond donors (Lipinski definition) is 2. The van der Waals surface area contributed by atoms with Crippen LogP contribution in [0, 0.1) is 6.92 Å². The average Bonchev–Trinajstić information content (AvgIpc) is 2.47. The first-order chi connectivity index (χ1) is 10.1. The fourth-order valence-corrected chi connectivity index (χ4v) is 1.74. The van der Waals surface area contributed by atoms with Crippen molar-refractivity contribution >= 4 is 23.6 Å². The van der Waals surface area contributed by atoms with Gasteiger partial charge >= 0.3 is 5.97 Å². The normalized spacial score (nSPS) is 10.5. The summed E-state index contributed by atoms with van der Waals surface area (Å²) in [6, 6.07) is 8.95. The molecule has 5 heteroatoms. The Balaban J connectivity index is 2.23. The SMILES string of the molecule is Cc1ccc(NC(=O)c2ccncc2C=CC(=O)O)cc1. The van der Waals surface area contributed by atoms with E-state index >= 15 is 0 Å². The van der Waals surface area contributed by atoms with Crippen molar-refractivity contribution in [1.82, 2.24) is 4.98 Å². The Labute approximate surface area is 122 Å². The lowest BCUT2D eigenvalue weighted by atomic mass is 10.1. The van der Waals surface area contributed by atoms with E-state index in [9.17, 15) is 9.59 Å². The molecule has 0 saturated heterocycles. The third-order valence-electron chi connectivity index (χ3n) is 2.81. The highest BCUT2D eigenvalue weighted by Gasteiger charge is 2.10. The molecule has 0 saturated carbocycles. The van der Waals surface area contributed by atoms with Crippen molar-refractivity contribution in [3.05, 3.63) is 65.5 Å². The molecule has 0 fully saturated rings. The first kappa shape index (κ1) is 14.5. The predicted molar refractivity (Wildman–Crippen MR) is 80.0 cm³/mol. The van der Waals surface area contributed by atoms with Gasteiger partial charge in [0.25, 0.3) is 5.91 Å². The van der Waals surface area contributed by atoms with Crippen molar-refractivity contribution in [3.63, 3.8) is 0 Å². The van der Waals surface area contributed by atoms with E-state index in [0.29, 0.717) is 16.8 Å². The number of aryl methyl sites for hydroxylation is 1. The number of nitrogens with zero attached hydrogens (tertiary/aromatic N) is 1. The molecular weight excluding hydrogens is 268 g/mol. The summed E-state index contributed by atoms with van der Waals surface area (Å²) in [4.78, 5) is 26.7. The van der Waals surface area contributed by atoms with Crippen molar-refractivity contribution in [1.29, 1.82) is 0 Å². The van der Waals surface area contributed by atoms with Crippen LogP contribution in [0.15, 0.2) is 48.8 Å². The maximum absolute atomic E-state index is 12.2. The molecule has 0 unspecified atom stereocenters. The molecule has 0 aliphatic heterocycles. The zero-order valence-electron chi connectivity index (χ0n) is 11.4. The highest BCUT2D eigenvalue weighted by molar-refractivity contribution is 6.06. The molecule has 21 heavy (non-hydrogen) atoms. The number of nitrogens with one attached hydrogen (secondary N) is 1. The van der Waals surface area contributed by atoms with Gasteiger partial charge in [0.05, 0.1) is 0 Å². The first-order valence-corrected chi connectivity index (χ1v) is 6.29. The Hall–Kier alpha value is -2.95. The maximum Gasteiger partial charge on any atom is 0.328 e. The van der Waals surface area contributed by atoms with Crippen LogP contribution >= 0.6 is 0 Å². The topological polar surface area (TPSA) is 79.3 Å². The molecule has 1 amide bonds. The van der Waals surface area contributed by atoms with Gasteiger partial charge in [-0.15, -0.1) is 0 Å². The third kappa shape index (κ3) is 4.01. The Morgan fingerprint density at radius 1 is 1.19 bits per heavy atom. The summed E-state index contributed by atoms with van der Waals surface area (Å²) in [6.45, 7) is 1.96. The highest BCUT2D eigenvalue weighted by atomic mass is 16.4. The van der Waals surface area contributed by atoms with Gasteiger partial charge in [0, 0.05) is 35.3 Å². The number of carboxylic acid groups (broad SMARTS) is 1. The van der Waals surface area contributed by atoms with Crippen molar-refractivity contribution in [2.24, 2.45) is 0 Å². The molecule has 0 bridgehead atoms. The van der Waals surface area contributed by atoms with Crippen LogP contribution in [-0.4, -0.2) is 22.0 Å². The third-order valence-corrected chi connectivity index (χ3v) is 2.81. The van der Waals surface area contributed by atoms with Gasteiger partial charge in [0.2, 0.25) is 0 Å². The van der Waals surface area contributed by atoms with E-state index in [2.05, 4.69) is 10.3 Å². The molecular formula is C16H14N2O3. The van der Waals surface area contributed by atoms with Crippen LogP contribution in [0.2, 0.25) is 0 Å². The largest absolute Gasteiger partial charge is 0.478 e. The summed E-state index contributed by atoms with van der Waals surface area (Å²) in [5, 5.41) is 11.4. The van der Waals surface area contributed by atoms with Crippen LogP contribution in [0.5, 0.6) is 0 Å². The number of aliphatic carboxylic acids is 1. The van der Waals surface area contributed by atoms with E-state index in [4.69, 9.17) is 5.11 Å². The van der Waals surface area contributed by atoms with E-state index < -0.39 is 5.97 Å². The molecule has 2 N–H and O–H groups in total. The second-order valence-electron chi connectivity index (χ2n) is 4.45. The second-order valence-corrected chi connectivity index (χ2v) is 4.45. The van der Waals surface area contributed by atoms with Gasteiger partial charge in [-0.1, -0.05) is 17.7 Å². The molecule has 1 heterocycles. The van der Waals surface area contributed by atoms with Gasteiger partial charge in [-0.2, -0.15) is 0 Å². The quantitative estimate of drug-likeness (QED) is 0.845. The number of hydrogen-bond acceptors (Lipinski definition) is 3. The van der Waals surface area contributed by atoms with E-state index in [1.807, 2.05) is 19.1 Å². The summed E-state index contributed by atoms with van der Waals surface area (Å²) in [7, 11) is 0. The Kier molecular flexibility index (Phi) is 4.46. The van der Waals surface area contributed by atoms with Crippen molar-refractivity contribution in [2.45, 2.75) is 6.92 Å². The number of carbonyl (C=O) groups excluding carboxylic acids is 1. The van der Waals surface area contributed by atoms with Gasteiger partial charge in [-0.05, 0) is 31.2 Å². The molecule has 0 aliphatic carbocycles. The van der Waals surface area contributed by atoms with E-state index in [0.717, 1.165) is 11.6 Å². The standard InChI is InChI=1S/C16H14N2O3/c1-11-2-5-13(6-3-11)18-16(21)14-8-9-17-10-12(14)4-7-15(19)20/h2-10H,1H3,(H,18,21)(H,19,20). The summed E-state index contributed by atoms with van der Waals surface area (Å²) in [6.07, 6.45) is 5.25. The van der Waals surface area contributed by atoms with Gasteiger partial charge in [0.1, 0.15) is 0 Å². The molecule has 0 atom stereocenters. The van der Waals surface area contributed by atoms with Crippen LogP contribution in [-0.2, 0) is 4.79 Å². The summed E-state index contributed by atoms with van der Waals surface area (Å²) in [5.41, 5.74) is 2.59. The molecule has 0 aliphatic rings. The van der Waals surface area contributed by atoms with Crippen LogP contribution in [0.25, 0.3) is 6.08 Å². The highest BCUT2D eigenvalue weighted by Crippen LogP contribution is 2.14. The molecule has 2 rings (SSSR count). The summed E-state index contributed by atoms with van der Waals surface area (Å²) < 4.78 is 0. The molecule has 1 aromatic heterocycles. The lowest BCUT2D eigenvalue weighted by Crippen LogP contribution is -2.13. The number of rotatable bonds is 4. The Bertz CT molecular complexity index is 691. The van der Waals surface area contributed by atoms with E-state index in [1.165, 1.54) is 18.5 Å². The zero-order valence-corrected chi connectivity index (χ0v) is 11.4. The van der Waals surface area contributed by atoms with E-state index in [-0.39, 0.29) is 5.91 Å². The summed E-state index contributed by atoms with van der Waals surface area (Å²) >= 11 is 0. The number of carbonyl (C=O) groups is 2. The predicted octanol–water partition coefficient (Wildman–Crippen LogP) is 2.74. The zero-order chi connectivity index (χ0) is 15.2. The fraction of sp³-hybridized carbons (Fsp3) is 0.0625. The molecule has 106 valence electrons. The maximum atomic E-state index is 12.2. The lowest BCUT2D eigenvalue weighted by Gasteiger charge is -2.07. The second kappa shape index (κ2) is 6.47.